The van der Waals surface area contributed by atoms with Gasteiger partial charge in [-0.25, -0.2) is 0 Å². The van der Waals surface area contributed by atoms with Gasteiger partial charge in [-0.05, 0) is 39.3 Å². The van der Waals surface area contributed by atoms with Gasteiger partial charge in [-0.3, -0.25) is 0 Å². The topological polar surface area (TPSA) is 25.2 Å². The van der Waals surface area contributed by atoms with Gasteiger partial charge in [-0.2, -0.15) is 11.8 Å². The van der Waals surface area contributed by atoms with Gasteiger partial charge in [0.05, 0.1) is 12.3 Å². The molecule has 1 aromatic rings. The van der Waals surface area contributed by atoms with Crippen molar-refractivity contribution >= 4 is 11.8 Å². The fraction of sp³-hybridized carbons (Fsp3) is 0.714. The molecule has 2 nitrogen and oxygen atoms in total. The van der Waals surface area contributed by atoms with Crippen LogP contribution in [0.2, 0.25) is 0 Å². The van der Waals surface area contributed by atoms with Crippen molar-refractivity contribution in [2.75, 3.05) is 0 Å². The van der Waals surface area contributed by atoms with Crippen LogP contribution in [0.3, 0.4) is 0 Å². The van der Waals surface area contributed by atoms with Crippen LogP contribution in [0.4, 0.5) is 0 Å². The lowest BCUT2D eigenvalue weighted by atomic mass is 10.1. The number of hydrogen-bond donors (Lipinski definition) is 1. The molecule has 1 unspecified atom stereocenters. The molecule has 0 spiro atoms. The maximum atomic E-state index is 5.79. The first-order valence-corrected chi connectivity index (χ1v) is 7.40. The maximum Gasteiger partial charge on any atom is 0.118 e. The van der Waals surface area contributed by atoms with Crippen molar-refractivity contribution in [1.82, 2.24) is 5.32 Å². The minimum Gasteiger partial charge on any atom is -0.464 e. The Morgan fingerprint density at radius 1 is 1.29 bits per heavy atom. The normalized spacial score (nSPS) is 13.9. The smallest absolute Gasteiger partial charge is 0.118 e. The van der Waals surface area contributed by atoms with Gasteiger partial charge in [0.1, 0.15) is 11.5 Å². The highest BCUT2D eigenvalue weighted by molar-refractivity contribution is 7.99. The van der Waals surface area contributed by atoms with Gasteiger partial charge in [0.2, 0.25) is 0 Å². The second kappa shape index (κ2) is 6.50. The average molecular weight is 255 g/mol. The van der Waals surface area contributed by atoms with Crippen molar-refractivity contribution in [3.05, 3.63) is 23.7 Å². The summed E-state index contributed by atoms with van der Waals surface area (Å²) in [6, 6.07) is 4.17. The van der Waals surface area contributed by atoms with Crippen LogP contribution in [-0.4, -0.2) is 10.8 Å². The van der Waals surface area contributed by atoms with Crippen LogP contribution in [0.5, 0.6) is 0 Å². The second-order valence-electron chi connectivity index (χ2n) is 5.50. The Hall–Kier alpha value is -0.410. The first-order chi connectivity index (χ1) is 7.90. The summed E-state index contributed by atoms with van der Waals surface area (Å²) in [7, 11) is 0. The van der Waals surface area contributed by atoms with Crippen LogP contribution in [0.1, 0.15) is 52.6 Å². The molecule has 98 valence electrons. The first kappa shape index (κ1) is 14.7. The highest BCUT2D eigenvalue weighted by Crippen LogP contribution is 2.21. The largest absolute Gasteiger partial charge is 0.464 e. The van der Waals surface area contributed by atoms with Gasteiger partial charge in [-0.1, -0.05) is 13.8 Å². The van der Waals surface area contributed by atoms with Crippen LogP contribution >= 0.6 is 11.8 Å². The van der Waals surface area contributed by atoms with E-state index in [0.29, 0.717) is 5.25 Å². The molecular formula is C14H25NOS. The fourth-order valence-corrected chi connectivity index (χ4v) is 2.13. The van der Waals surface area contributed by atoms with Gasteiger partial charge in [0.15, 0.2) is 0 Å². The van der Waals surface area contributed by atoms with Gasteiger partial charge in [0, 0.05) is 10.8 Å². The second-order valence-corrected chi connectivity index (χ2v) is 6.93. The monoisotopic (exact) mass is 255 g/mol. The molecular weight excluding hydrogens is 230 g/mol. The molecule has 0 amide bonds. The lowest BCUT2D eigenvalue weighted by Crippen LogP contribution is -2.34. The van der Waals surface area contributed by atoms with E-state index >= 15 is 0 Å². The van der Waals surface area contributed by atoms with Gasteiger partial charge in [-0.15, -0.1) is 0 Å². The van der Waals surface area contributed by atoms with E-state index in [4.69, 9.17) is 4.42 Å². The molecule has 1 atom stereocenters. The summed E-state index contributed by atoms with van der Waals surface area (Å²) in [6.07, 6.45) is 1.21. The van der Waals surface area contributed by atoms with Crippen LogP contribution in [0.15, 0.2) is 16.5 Å². The minimum atomic E-state index is 0.137. The van der Waals surface area contributed by atoms with Crippen LogP contribution in [0.25, 0.3) is 0 Å². The van der Waals surface area contributed by atoms with Crippen molar-refractivity contribution in [1.29, 1.82) is 0 Å². The number of hydrogen-bond acceptors (Lipinski definition) is 3. The Morgan fingerprint density at radius 2 is 1.94 bits per heavy atom. The summed E-state index contributed by atoms with van der Waals surface area (Å²) < 4.78 is 5.79. The molecule has 0 aromatic carbocycles. The quantitative estimate of drug-likeness (QED) is 0.824. The van der Waals surface area contributed by atoms with Gasteiger partial charge in [0.25, 0.3) is 0 Å². The van der Waals surface area contributed by atoms with E-state index in [-0.39, 0.29) is 5.54 Å². The number of nitrogens with one attached hydrogen (secondary N) is 1. The molecule has 0 fully saturated rings. The van der Waals surface area contributed by atoms with Gasteiger partial charge < -0.3 is 9.73 Å². The SMILES string of the molecule is CCC(C)SCc1ccc(CNC(C)(C)C)o1. The van der Waals surface area contributed by atoms with Crippen LogP contribution < -0.4 is 5.32 Å². The van der Waals surface area contributed by atoms with Crippen molar-refractivity contribution < 1.29 is 4.42 Å². The molecule has 1 rings (SSSR count). The summed E-state index contributed by atoms with van der Waals surface area (Å²) in [4.78, 5) is 0. The molecule has 0 saturated heterocycles. The Balaban J connectivity index is 2.37. The number of furan rings is 1. The molecule has 1 aromatic heterocycles. The van der Waals surface area contributed by atoms with E-state index in [2.05, 4.69) is 52.1 Å². The third kappa shape index (κ3) is 6.18. The maximum absolute atomic E-state index is 5.79. The molecule has 1 heterocycles. The summed E-state index contributed by atoms with van der Waals surface area (Å²) in [5.41, 5.74) is 0.137. The van der Waals surface area contributed by atoms with E-state index < -0.39 is 0 Å². The Bertz CT molecular complexity index is 327. The lowest BCUT2D eigenvalue weighted by molar-refractivity contribution is 0.382. The van der Waals surface area contributed by atoms with E-state index in [0.717, 1.165) is 23.8 Å². The Labute approximate surface area is 110 Å². The molecule has 0 bridgehead atoms. The minimum absolute atomic E-state index is 0.137. The molecule has 3 heteroatoms. The number of rotatable bonds is 6. The van der Waals surface area contributed by atoms with E-state index in [1.807, 2.05) is 11.8 Å². The summed E-state index contributed by atoms with van der Waals surface area (Å²) in [5, 5.41) is 4.13. The summed E-state index contributed by atoms with van der Waals surface area (Å²) in [5.74, 6) is 3.09. The van der Waals surface area contributed by atoms with Crippen molar-refractivity contribution in [2.45, 2.75) is 64.1 Å². The number of thioether (sulfide) groups is 1. The lowest BCUT2D eigenvalue weighted by Gasteiger charge is -2.19. The molecule has 0 aliphatic heterocycles. The van der Waals surface area contributed by atoms with E-state index in [1.165, 1.54) is 6.42 Å². The van der Waals surface area contributed by atoms with E-state index in [1.54, 1.807) is 0 Å². The molecule has 1 N–H and O–H groups in total. The molecule has 17 heavy (non-hydrogen) atoms. The zero-order valence-corrected chi connectivity index (χ0v) is 12.5. The van der Waals surface area contributed by atoms with E-state index in [9.17, 15) is 0 Å². The third-order valence-electron chi connectivity index (χ3n) is 2.60. The van der Waals surface area contributed by atoms with Crippen molar-refractivity contribution in [3.8, 4) is 0 Å². The molecule has 0 aliphatic rings. The molecule has 0 saturated carbocycles. The predicted molar refractivity (Wildman–Crippen MR) is 76.3 cm³/mol. The van der Waals surface area contributed by atoms with Crippen molar-refractivity contribution in [3.63, 3.8) is 0 Å². The molecule has 0 aliphatic carbocycles. The predicted octanol–water partition coefficient (Wildman–Crippen LogP) is 4.20. The zero-order valence-electron chi connectivity index (χ0n) is 11.7. The first-order valence-electron chi connectivity index (χ1n) is 6.35. The van der Waals surface area contributed by atoms with Gasteiger partial charge >= 0.3 is 0 Å². The highest BCUT2D eigenvalue weighted by Gasteiger charge is 2.10. The standard InChI is InChI=1S/C14H25NOS/c1-6-11(2)17-10-13-8-7-12(16-13)9-15-14(3,4)5/h7-8,11,15H,6,9-10H2,1-5H3. The summed E-state index contributed by atoms with van der Waals surface area (Å²) >= 11 is 1.95. The van der Waals surface area contributed by atoms with Crippen LogP contribution in [0, 0.1) is 0 Å². The molecule has 0 radical (unpaired) electrons. The van der Waals surface area contributed by atoms with Crippen LogP contribution in [-0.2, 0) is 12.3 Å². The zero-order chi connectivity index (χ0) is 12.9. The highest BCUT2D eigenvalue weighted by atomic mass is 32.2. The Morgan fingerprint density at radius 3 is 2.53 bits per heavy atom. The average Bonchev–Trinajstić information content (AvgIpc) is 2.70. The Kier molecular flexibility index (Phi) is 5.60. The fourth-order valence-electron chi connectivity index (χ4n) is 1.29. The van der Waals surface area contributed by atoms with Crippen molar-refractivity contribution in [2.24, 2.45) is 0 Å². The summed E-state index contributed by atoms with van der Waals surface area (Å²) in [6.45, 7) is 11.8. The third-order valence-corrected chi connectivity index (χ3v) is 3.95.